The van der Waals surface area contributed by atoms with Gasteiger partial charge < -0.3 is 10.6 Å². The molecule has 0 radical (unpaired) electrons. The maximum Gasteiger partial charge on any atom is 0.348 e. The van der Waals surface area contributed by atoms with Crippen LogP contribution in [0.3, 0.4) is 0 Å². The number of alkyl halides is 2. The molecule has 1 atom stereocenters. The highest BCUT2D eigenvalue weighted by Gasteiger charge is 2.22. The predicted molar refractivity (Wildman–Crippen MR) is 132 cm³/mol. The number of rotatable bonds is 7. The van der Waals surface area contributed by atoms with Crippen LogP contribution in [0.4, 0.5) is 39.0 Å². The summed E-state index contributed by atoms with van der Waals surface area (Å²) in [6.07, 6.45) is 3.46. The van der Waals surface area contributed by atoms with Gasteiger partial charge in [-0.3, -0.25) is 4.98 Å². The Hall–Kier alpha value is -4.83. The number of nitrogens with one attached hydrogen (secondary N) is 2. The van der Waals surface area contributed by atoms with Gasteiger partial charge in [-0.25, -0.2) is 13.8 Å². The Balaban J connectivity index is 1.61. The maximum atomic E-state index is 13.8. The minimum absolute atomic E-state index is 0.0557. The van der Waals surface area contributed by atoms with Gasteiger partial charge in [0.15, 0.2) is 5.82 Å². The Bertz CT molecular complexity index is 1720. The molecule has 0 fully saturated rings. The summed E-state index contributed by atoms with van der Waals surface area (Å²) in [5.41, 5.74) is 1.51. The summed E-state index contributed by atoms with van der Waals surface area (Å²) in [6, 6.07) is 10.4. The number of aromatic nitrogens is 5. The summed E-state index contributed by atoms with van der Waals surface area (Å²) in [7, 11) is 0. The molecule has 8 nitrogen and oxygen atoms in total. The first kappa shape index (κ1) is 25.8. The molecule has 0 saturated carbocycles. The van der Waals surface area contributed by atoms with Crippen LogP contribution >= 0.6 is 11.6 Å². The Morgan fingerprint density at radius 1 is 0.949 bits per heavy atom. The molecular weight excluding hydrogens is 543 g/mol. The maximum absolute atomic E-state index is 13.8. The van der Waals surface area contributed by atoms with Gasteiger partial charge in [0.2, 0.25) is 5.95 Å². The number of hydrogen-bond donors (Lipinski definition) is 2. The topological polar surface area (TPSA) is 104 Å². The first-order valence-electron chi connectivity index (χ1n) is 11.1. The first-order valence-corrected chi connectivity index (χ1v) is 11.4. The normalized spacial score (nSPS) is 11.9. The second-order valence-corrected chi connectivity index (χ2v) is 8.54. The number of pyridine rings is 2. The fourth-order valence-corrected chi connectivity index (χ4v) is 4.13. The molecule has 1 unspecified atom stereocenters. The van der Waals surface area contributed by atoms with Crippen LogP contribution in [-0.2, 0) is 0 Å². The molecule has 0 aliphatic carbocycles. The molecule has 2 N–H and O–H groups in total. The van der Waals surface area contributed by atoms with Crippen molar-refractivity contribution in [3.63, 3.8) is 0 Å². The summed E-state index contributed by atoms with van der Waals surface area (Å²) in [5, 5.41) is 23.5. The van der Waals surface area contributed by atoms with Crippen LogP contribution in [0.15, 0.2) is 61.1 Å². The molecule has 0 saturated heterocycles. The van der Waals surface area contributed by atoms with Crippen molar-refractivity contribution in [1.82, 2.24) is 25.0 Å². The van der Waals surface area contributed by atoms with Gasteiger partial charge in [-0.15, -0.1) is 4.80 Å². The summed E-state index contributed by atoms with van der Waals surface area (Å²) in [5.74, 6) is -2.98. The van der Waals surface area contributed by atoms with Crippen molar-refractivity contribution in [2.45, 2.75) is 12.6 Å². The molecule has 0 spiro atoms. The number of halogens is 6. The van der Waals surface area contributed by atoms with Gasteiger partial charge in [0.25, 0.3) is 0 Å². The number of nitrogens with zero attached hydrogens (tertiary/aromatic N) is 6. The van der Waals surface area contributed by atoms with Crippen molar-refractivity contribution in [2.75, 3.05) is 10.6 Å². The van der Waals surface area contributed by atoms with E-state index in [0.29, 0.717) is 16.6 Å². The highest BCUT2D eigenvalue weighted by Crippen LogP contribution is 2.36. The molecule has 3 heterocycles. The summed E-state index contributed by atoms with van der Waals surface area (Å²) >= 11 is 6.50. The molecule has 0 bridgehead atoms. The zero-order chi connectivity index (χ0) is 27.7. The van der Waals surface area contributed by atoms with Gasteiger partial charge in [-0.2, -0.15) is 28.6 Å². The van der Waals surface area contributed by atoms with Crippen LogP contribution in [0.1, 0.15) is 29.4 Å². The zero-order valence-electron chi connectivity index (χ0n) is 19.4. The van der Waals surface area contributed by atoms with E-state index in [4.69, 9.17) is 11.6 Å². The molecule has 14 heteroatoms. The smallest absolute Gasteiger partial charge is 0.348 e. The third-order valence-electron chi connectivity index (χ3n) is 5.62. The van der Waals surface area contributed by atoms with E-state index in [1.165, 1.54) is 36.5 Å². The number of anilines is 3. The third-order valence-corrected chi connectivity index (χ3v) is 5.91. The van der Waals surface area contributed by atoms with Gasteiger partial charge >= 0.3 is 6.55 Å². The Kier molecular flexibility index (Phi) is 6.95. The minimum Gasteiger partial charge on any atom is -0.373 e. The molecule has 0 amide bonds. The van der Waals surface area contributed by atoms with E-state index in [9.17, 15) is 27.2 Å². The fourth-order valence-electron chi connectivity index (χ4n) is 3.86. The largest absolute Gasteiger partial charge is 0.373 e. The molecule has 196 valence electrons. The lowest BCUT2D eigenvalue weighted by Crippen LogP contribution is -2.14. The van der Waals surface area contributed by atoms with Crippen LogP contribution in [0.2, 0.25) is 5.02 Å². The van der Waals surface area contributed by atoms with Crippen molar-refractivity contribution in [2.24, 2.45) is 0 Å². The lowest BCUT2D eigenvalue weighted by Gasteiger charge is -2.20. The summed E-state index contributed by atoms with van der Waals surface area (Å²) in [4.78, 5) is 7.81. The molecular formula is C25H14ClF5N8. The van der Waals surface area contributed by atoms with Gasteiger partial charge in [-0.05, 0) is 29.8 Å². The van der Waals surface area contributed by atoms with Gasteiger partial charge in [0, 0.05) is 23.3 Å². The number of benzene rings is 2. The molecule has 2 aromatic carbocycles. The quantitative estimate of drug-likeness (QED) is 0.174. The average Bonchev–Trinajstić information content (AvgIpc) is 3.41. The van der Waals surface area contributed by atoms with Crippen molar-refractivity contribution >= 4 is 39.6 Å². The van der Waals surface area contributed by atoms with E-state index >= 15 is 0 Å². The third kappa shape index (κ3) is 5.27. The van der Waals surface area contributed by atoms with Crippen LogP contribution in [0, 0.1) is 28.9 Å². The molecule has 0 aliphatic rings. The highest BCUT2D eigenvalue weighted by atomic mass is 35.5. The number of nitriles is 1. The predicted octanol–water partition coefficient (Wildman–Crippen LogP) is 6.50. The van der Waals surface area contributed by atoms with Crippen LogP contribution in [0.5, 0.6) is 0 Å². The second kappa shape index (κ2) is 10.5. The molecule has 39 heavy (non-hydrogen) atoms. The van der Waals surface area contributed by atoms with Crippen molar-refractivity contribution < 1.29 is 22.0 Å². The average molecular weight is 557 g/mol. The molecule has 0 aliphatic heterocycles. The standard InChI is InChI=1S/C25H14ClF5N8/c26-18-6-15(36-22(12-1-3-14(27)4-2-12)20-11-35-39(38-20)25(30)31)5-17-21(13(8-32)9-33-23(17)18)37-16-7-19(28)24(29)34-10-16/h1-7,9-11,22,25,36H,(H,33,37). The van der Waals surface area contributed by atoms with Gasteiger partial charge in [0.1, 0.15) is 17.6 Å². The van der Waals surface area contributed by atoms with E-state index in [1.54, 1.807) is 6.07 Å². The van der Waals surface area contributed by atoms with Crippen LogP contribution in [-0.4, -0.2) is 25.0 Å². The van der Waals surface area contributed by atoms with Gasteiger partial charge in [0.05, 0.1) is 45.9 Å². The Morgan fingerprint density at radius 2 is 1.72 bits per heavy atom. The number of fused-ring (bicyclic) bond motifs is 1. The zero-order valence-corrected chi connectivity index (χ0v) is 20.1. The fraction of sp³-hybridized carbons (Fsp3) is 0.0800. The Morgan fingerprint density at radius 3 is 2.38 bits per heavy atom. The van der Waals surface area contributed by atoms with E-state index in [0.717, 1.165) is 18.5 Å². The van der Waals surface area contributed by atoms with E-state index in [1.807, 2.05) is 6.07 Å². The molecule has 3 aromatic heterocycles. The van der Waals surface area contributed by atoms with Crippen molar-refractivity contribution in [1.29, 1.82) is 5.26 Å². The Labute approximate surface area is 221 Å². The lowest BCUT2D eigenvalue weighted by atomic mass is 10.0. The van der Waals surface area contributed by atoms with E-state index < -0.39 is 30.2 Å². The minimum atomic E-state index is -2.97. The monoisotopic (exact) mass is 556 g/mol. The van der Waals surface area contributed by atoms with E-state index in [2.05, 4.69) is 30.8 Å². The SMILES string of the molecule is N#Cc1cnc2c(Cl)cc(NC(c3ccc(F)cc3)c3cnn(C(F)F)n3)cc2c1Nc1cnc(F)c(F)c1. The molecule has 5 aromatic rings. The number of hydrogen-bond acceptors (Lipinski definition) is 7. The summed E-state index contributed by atoms with van der Waals surface area (Å²) in [6.45, 7) is -2.97. The van der Waals surface area contributed by atoms with Crippen LogP contribution in [0.25, 0.3) is 10.9 Å². The van der Waals surface area contributed by atoms with E-state index in [-0.39, 0.29) is 38.0 Å². The summed E-state index contributed by atoms with van der Waals surface area (Å²) < 4.78 is 67.0. The van der Waals surface area contributed by atoms with Gasteiger partial charge in [-0.1, -0.05) is 23.7 Å². The molecule has 5 rings (SSSR count). The lowest BCUT2D eigenvalue weighted by molar-refractivity contribution is 0.0409. The van der Waals surface area contributed by atoms with Crippen LogP contribution < -0.4 is 10.6 Å². The van der Waals surface area contributed by atoms with Crippen molar-refractivity contribution in [3.8, 4) is 6.07 Å². The second-order valence-electron chi connectivity index (χ2n) is 8.13. The first-order chi connectivity index (χ1) is 18.7. The highest BCUT2D eigenvalue weighted by molar-refractivity contribution is 6.36. The van der Waals surface area contributed by atoms with Crippen molar-refractivity contribution in [3.05, 3.63) is 100 Å².